The summed E-state index contributed by atoms with van der Waals surface area (Å²) in [4.78, 5) is 23.9. The van der Waals surface area contributed by atoms with E-state index in [0.29, 0.717) is 33.7 Å². The first-order valence-corrected chi connectivity index (χ1v) is 10.7. The molecule has 0 atom stereocenters. The smallest absolute Gasteiger partial charge is 0.292 e. The highest BCUT2D eigenvalue weighted by molar-refractivity contribution is 6.33. The summed E-state index contributed by atoms with van der Waals surface area (Å²) in [5.41, 5.74) is 1.48. The van der Waals surface area contributed by atoms with E-state index in [0.717, 1.165) is 5.56 Å². The van der Waals surface area contributed by atoms with E-state index in [4.69, 9.17) is 32.4 Å². The van der Waals surface area contributed by atoms with Gasteiger partial charge in [0.05, 0.1) is 6.54 Å². The monoisotopic (exact) mass is 483 g/mol. The molecule has 2 aromatic heterocycles. The molecule has 9 heteroatoms. The van der Waals surface area contributed by atoms with Crippen LogP contribution in [0.15, 0.2) is 71.3 Å². The summed E-state index contributed by atoms with van der Waals surface area (Å²) in [6.45, 7) is 2.03. The van der Waals surface area contributed by atoms with Crippen LogP contribution in [0.1, 0.15) is 39.2 Å². The number of carbonyl (C=O) groups excluding carboxylic acids is 2. The van der Waals surface area contributed by atoms with Crippen LogP contribution in [0.25, 0.3) is 0 Å². The molecular formula is C24H19Cl2N3O4. The molecule has 0 saturated heterocycles. The molecule has 0 saturated carbocycles. The summed E-state index contributed by atoms with van der Waals surface area (Å²) >= 11 is 12.4. The minimum Gasteiger partial charge on any atom is -0.486 e. The number of furan rings is 1. The van der Waals surface area contributed by atoms with Crippen molar-refractivity contribution in [2.24, 2.45) is 0 Å². The topological polar surface area (TPSA) is 86.4 Å². The van der Waals surface area contributed by atoms with Gasteiger partial charge in [-0.15, -0.1) is 0 Å². The van der Waals surface area contributed by atoms with Crippen molar-refractivity contribution in [2.75, 3.05) is 5.32 Å². The first-order chi connectivity index (χ1) is 15.9. The molecule has 4 aromatic rings. The average molecular weight is 484 g/mol. The lowest BCUT2D eigenvalue weighted by Crippen LogP contribution is -2.12. The minimum atomic E-state index is -0.489. The van der Waals surface area contributed by atoms with Gasteiger partial charge in [0.15, 0.2) is 17.4 Å². The number of hydrogen-bond donors (Lipinski definition) is 1. The maximum absolute atomic E-state index is 12.6. The second-order valence-electron chi connectivity index (χ2n) is 7.20. The Morgan fingerprint density at radius 2 is 1.79 bits per heavy atom. The lowest BCUT2D eigenvalue weighted by molar-refractivity contribution is 0.0990. The van der Waals surface area contributed by atoms with Crippen molar-refractivity contribution in [1.29, 1.82) is 0 Å². The molecule has 168 valence electrons. The van der Waals surface area contributed by atoms with Crippen molar-refractivity contribution < 1.29 is 18.7 Å². The molecule has 7 nitrogen and oxygen atoms in total. The summed E-state index contributed by atoms with van der Waals surface area (Å²) in [5.74, 6) is 0.851. The van der Waals surface area contributed by atoms with Crippen molar-refractivity contribution in [1.82, 2.24) is 9.78 Å². The van der Waals surface area contributed by atoms with E-state index in [1.807, 2.05) is 18.2 Å². The van der Waals surface area contributed by atoms with E-state index in [-0.39, 0.29) is 24.0 Å². The highest BCUT2D eigenvalue weighted by atomic mass is 35.5. The van der Waals surface area contributed by atoms with Crippen molar-refractivity contribution >= 4 is 40.7 Å². The minimum absolute atomic E-state index is 0.0166. The molecule has 0 spiro atoms. The van der Waals surface area contributed by atoms with E-state index < -0.39 is 5.91 Å². The Morgan fingerprint density at radius 3 is 2.52 bits per heavy atom. The number of benzene rings is 2. The van der Waals surface area contributed by atoms with Crippen LogP contribution >= 0.6 is 23.2 Å². The van der Waals surface area contributed by atoms with Gasteiger partial charge in [0.25, 0.3) is 5.91 Å². The fraction of sp³-hybridized carbons (Fsp3) is 0.125. The highest BCUT2D eigenvalue weighted by Gasteiger charge is 2.16. The third-order valence-electron chi connectivity index (χ3n) is 4.77. The van der Waals surface area contributed by atoms with Crippen molar-refractivity contribution in [3.63, 3.8) is 0 Å². The number of nitrogens with one attached hydrogen (secondary N) is 1. The molecule has 0 radical (unpaired) electrons. The van der Waals surface area contributed by atoms with Gasteiger partial charge in [0.1, 0.15) is 23.1 Å². The summed E-state index contributed by atoms with van der Waals surface area (Å²) in [7, 11) is 0. The first-order valence-electron chi connectivity index (χ1n) is 9.99. The Kier molecular flexibility index (Phi) is 6.82. The fourth-order valence-corrected chi connectivity index (χ4v) is 3.44. The summed E-state index contributed by atoms with van der Waals surface area (Å²) in [6, 6.07) is 17.4. The van der Waals surface area contributed by atoms with E-state index >= 15 is 0 Å². The van der Waals surface area contributed by atoms with Gasteiger partial charge in [-0.05, 0) is 55.0 Å². The lowest BCUT2D eigenvalue weighted by atomic mass is 10.1. The van der Waals surface area contributed by atoms with Crippen molar-refractivity contribution in [3.8, 4) is 5.75 Å². The molecule has 0 fully saturated rings. The predicted molar refractivity (Wildman–Crippen MR) is 125 cm³/mol. The number of halogens is 2. The van der Waals surface area contributed by atoms with Crippen LogP contribution in [-0.2, 0) is 13.2 Å². The molecule has 2 heterocycles. The first kappa shape index (κ1) is 22.6. The van der Waals surface area contributed by atoms with Crippen molar-refractivity contribution in [2.45, 2.75) is 20.1 Å². The number of nitrogens with zero attached hydrogens (tertiary/aromatic N) is 2. The Hall–Kier alpha value is -3.55. The number of aromatic nitrogens is 2. The normalized spacial score (nSPS) is 10.8. The largest absolute Gasteiger partial charge is 0.486 e. The number of rotatable bonds is 8. The summed E-state index contributed by atoms with van der Waals surface area (Å²) in [6.07, 6.45) is 1.61. The highest BCUT2D eigenvalue weighted by Crippen LogP contribution is 2.23. The zero-order valence-corrected chi connectivity index (χ0v) is 19.1. The van der Waals surface area contributed by atoms with E-state index in [1.165, 1.54) is 6.92 Å². The predicted octanol–water partition coefficient (Wildman–Crippen LogP) is 5.87. The third kappa shape index (κ3) is 5.63. The van der Waals surface area contributed by atoms with Gasteiger partial charge in [-0.1, -0.05) is 41.4 Å². The molecule has 0 aliphatic carbocycles. The molecule has 1 N–H and O–H groups in total. The molecule has 33 heavy (non-hydrogen) atoms. The molecule has 0 aliphatic heterocycles. The molecule has 0 aliphatic rings. The number of anilines is 1. The molecule has 4 rings (SSSR count). The SMILES string of the molecule is CC(=O)c1ccc(OCc2ccc(C(=O)Nc3nn(Cc4ccccc4Cl)cc3Cl)o2)cc1. The number of Topliss-reactive ketones (excluding diaryl/α,β-unsaturated/α-hetero) is 1. The van der Waals surface area contributed by atoms with Gasteiger partial charge in [0, 0.05) is 16.8 Å². The maximum Gasteiger partial charge on any atom is 0.292 e. The second-order valence-corrected chi connectivity index (χ2v) is 8.02. The molecular weight excluding hydrogens is 465 g/mol. The van der Waals surface area contributed by atoms with Crippen LogP contribution in [0.2, 0.25) is 10.0 Å². The second kappa shape index (κ2) is 9.94. The average Bonchev–Trinajstić information content (AvgIpc) is 3.41. The maximum atomic E-state index is 12.6. The standard InChI is InChI=1S/C24H19Cl2N3O4/c1-15(30)16-6-8-18(9-7-16)32-14-19-10-11-22(33-19)24(31)27-23-21(26)13-29(28-23)12-17-4-2-3-5-20(17)25/h2-11,13H,12,14H2,1H3,(H,27,28,31). The zero-order chi connectivity index (χ0) is 23.4. The fourth-order valence-electron chi connectivity index (χ4n) is 3.05. The Bertz CT molecular complexity index is 1300. The number of carbonyl (C=O) groups is 2. The Morgan fingerprint density at radius 1 is 1.03 bits per heavy atom. The quantitative estimate of drug-likeness (QED) is 0.317. The van der Waals surface area contributed by atoms with Gasteiger partial charge in [0.2, 0.25) is 0 Å². The molecule has 0 bridgehead atoms. The van der Waals surface area contributed by atoms with Crippen LogP contribution in [0.4, 0.5) is 5.82 Å². The van der Waals surface area contributed by atoms with Crippen LogP contribution < -0.4 is 10.1 Å². The van der Waals surface area contributed by atoms with E-state index in [1.54, 1.807) is 53.3 Å². The van der Waals surface area contributed by atoms with Crippen LogP contribution in [0.3, 0.4) is 0 Å². The van der Waals surface area contributed by atoms with Crippen LogP contribution in [-0.4, -0.2) is 21.5 Å². The van der Waals surface area contributed by atoms with Gasteiger partial charge < -0.3 is 14.5 Å². The van der Waals surface area contributed by atoms with E-state index in [2.05, 4.69) is 10.4 Å². The summed E-state index contributed by atoms with van der Waals surface area (Å²) < 4.78 is 12.8. The van der Waals surface area contributed by atoms with Gasteiger partial charge in [-0.2, -0.15) is 5.10 Å². The number of amides is 1. The van der Waals surface area contributed by atoms with Gasteiger partial charge >= 0.3 is 0 Å². The number of ketones is 1. The Balaban J connectivity index is 1.36. The number of ether oxygens (including phenoxy) is 1. The van der Waals surface area contributed by atoms with Gasteiger partial charge in [-0.3, -0.25) is 14.3 Å². The zero-order valence-electron chi connectivity index (χ0n) is 17.5. The molecule has 0 unspecified atom stereocenters. The summed E-state index contributed by atoms with van der Waals surface area (Å²) in [5, 5.41) is 7.88. The van der Waals surface area contributed by atoms with Gasteiger partial charge in [-0.25, -0.2) is 0 Å². The molecule has 2 aromatic carbocycles. The number of hydrogen-bond acceptors (Lipinski definition) is 5. The van der Waals surface area contributed by atoms with E-state index in [9.17, 15) is 9.59 Å². The van der Waals surface area contributed by atoms with Crippen LogP contribution in [0.5, 0.6) is 5.75 Å². The Labute approximate surface area is 199 Å². The molecule has 1 amide bonds. The van der Waals surface area contributed by atoms with Crippen LogP contribution in [0, 0.1) is 0 Å². The van der Waals surface area contributed by atoms with Crippen molar-refractivity contribution in [3.05, 3.63) is 99.6 Å². The third-order valence-corrected chi connectivity index (χ3v) is 5.41. The lowest BCUT2D eigenvalue weighted by Gasteiger charge is -2.05.